The molecule has 0 N–H and O–H groups in total. The average molecular weight is 219 g/mol. The molecule has 2 heteroatoms. The number of morpholine rings is 1. The molecule has 1 aliphatic heterocycles. The Kier molecular flexibility index (Phi) is 3.62. The van der Waals surface area contributed by atoms with Crippen molar-refractivity contribution >= 4 is 0 Å². The van der Waals surface area contributed by atoms with Crippen molar-refractivity contribution in [3.05, 3.63) is 35.9 Å². The van der Waals surface area contributed by atoms with Gasteiger partial charge in [0.05, 0.1) is 12.7 Å². The maximum atomic E-state index is 6.01. The molecule has 1 aromatic rings. The SMILES string of the molecule is CC[C@H]1[C@H](c2ccccc2)OC[C@@H](C)N1C. The van der Waals surface area contributed by atoms with Crippen LogP contribution in [0, 0.1) is 0 Å². The first-order chi connectivity index (χ1) is 7.74. The van der Waals surface area contributed by atoms with Gasteiger partial charge < -0.3 is 4.74 Å². The lowest BCUT2D eigenvalue weighted by atomic mass is 9.96. The molecule has 1 heterocycles. The molecular formula is C14H21NO. The molecule has 0 saturated carbocycles. The van der Waals surface area contributed by atoms with Gasteiger partial charge in [0.25, 0.3) is 0 Å². The second kappa shape index (κ2) is 4.98. The molecule has 1 aromatic carbocycles. The summed E-state index contributed by atoms with van der Waals surface area (Å²) in [6.07, 6.45) is 1.35. The number of hydrogen-bond donors (Lipinski definition) is 0. The summed E-state index contributed by atoms with van der Waals surface area (Å²) in [4.78, 5) is 2.45. The van der Waals surface area contributed by atoms with Crippen LogP contribution in [0.15, 0.2) is 30.3 Å². The lowest BCUT2D eigenvalue weighted by molar-refractivity contribution is -0.0922. The van der Waals surface area contributed by atoms with E-state index in [2.05, 4.69) is 56.1 Å². The molecule has 2 nitrogen and oxygen atoms in total. The van der Waals surface area contributed by atoms with Crippen LogP contribution in [-0.4, -0.2) is 30.6 Å². The smallest absolute Gasteiger partial charge is 0.0980 e. The van der Waals surface area contributed by atoms with Crippen molar-refractivity contribution in [2.45, 2.75) is 38.5 Å². The van der Waals surface area contributed by atoms with Crippen LogP contribution in [0.4, 0.5) is 0 Å². The van der Waals surface area contributed by atoms with Gasteiger partial charge in [-0.1, -0.05) is 37.3 Å². The first-order valence-corrected chi connectivity index (χ1v) is 6.12. The van der Waals surface area contributed by atoms with Gasteiger partial charge >= 0.3 is 0 Å². The lowest BCUT2D eigenvalue weighted by Crippen LogP contribution is -2.49. The van der Waals surface area contributed by atoms with Crippen molar-refractivity contribution < 1.29 is 4.74 Å². The maximum Gasteiger partial charge on any atom is 0.0980 e. The zero-order valence-electron chi connectivity index (χ0n) is 10.4. The Hall–Kier alpha value is -0.860. The molecule has 16 heavy (non-hydrogen) atoms. The van der Waals surface area contributed by atoms with Crippen molar-refractivity contribution in [3.63, 3.8) is 0 Å². The van der Waals surface area contributed by atoms with Gasteiger partial charge in [-0.25, -0.2) is 0 Å². The molecule has 0 radical (unpaired) electrons. The molecule has 2 rings (SSSR count). The summed E-state index contributed by atoms with van der Waals surface area (Å²) in [5, 5.41) is 0. The van der Waals surface area contributed by atoms with Crippen LogP contribution in [0.3, 0.4) is 0 Å². The van der Waals surface area contributed by atoms with E-state index in [4.69, 9.17) is 4.74 Å². The molecule has 3 atom stereocenters. The summed E-state index contributed by atoms with van der Waals surface area (Å²) < 4.78 is 6.01. The molecule has 0 spiro atoms. The van der Waals surface area contributed by atoms with E-state index in [1.807, 2.05) is 0 Å². The molecule has 1 aliphatic rings. The second-order valence-electron chi connectivity index (χ2n) is 4.65. The summed E-state index contributed by atoms with van der Waals surface area (Å²) >= 11 is 0. The van der Waals surface area contributed by atoms with E-state index < -0.39 is 0 Å². The molecule has 1 fully saturated rings. The van der Waals surface area contributed by atoms with E-state index in [0.29, 0.717) is 12.1 Å². The Labute approximate surface area is 98.2 Å². The van der Waals surface area contributed by atoms with Crippen LogP contribution < -0.4 is 0 Å². The summed E-state index contributed by atoms with van der Waals surface area (Å²) in [5.41, 5.74) is 1.30. The summed E-state index contributed by atoms with van der Waals surface area (Å²) in [7, 11) is 2.21. The third kappa shape index (κ3) is 2.13. The van der Waals surface area contributed by atoms with Crippen LogP contribution in [0.1, 0.15) is 31.9 Å². The highest BCUT2D eigenvalue weighted by Gasteiger charge is 2.33. The third-order valence-corrected chi connectivity index (χ3v) is 3.63. The van der Waals surface area contributed by atoms with E-state index in [-0.39, 0.29) is 6.10 Å². The van der Waals surface area contributed by atoms with Crippen molar-refractivity contribution in [3.8, 4) is 0 Å². The van der Waals surface area contributed by atoms with E-state index in [1.165, 1.54) is 5.56 Å². The first-order valence-electron chi connectivity index (χ1n) is 6.12. The molecule has 0 amide bonds. The molecule has 0 aromatic heterocycles. The summed E-state index contributed by atoms with van der Waals surface area (Å²) in [6.45, 7) is 5.29. The fourth-order valence-electron chi connectivity index (χ4n) is 2.48. The van der Waals surface area contributed by atoms with Gasteiger partial charge in [-0.15, -0.1) is 0 Å². The Balaban J connectivity index is 2.21. The summed E-state index contributed by atoms with van der Waals surface area (Å²) in [6, 6.07) is 11.6. The highest BCUT2D eigenvalue weighted by Crippen LogP contribution is 2.31. The van der Waals surface area contributed by atoms with Crippen molar-refractivity contribution in [1.82, 2.24) is 4.90 Å². The van der Waals surface area contributed by atoms with Gasteiger partial charge in [0.15, 0.2) is 0 Å². The minimum absolute atomic E-state index is 0.229. The van der Waals surface area contributed by atoms with Crippen LogP contribution in [-0.2, 0) is 4.74 Å². The minimum atomic E-state index is 0.229. The standard InChI is InChI=1S/C14H21NO/c1-4-13-14(12-8-6-5-7-9-12)16-10-11(2)15(13)3/h5-9,11,13-14H,4,10H2,1-3H3/t11-,13+,14+/m1/s1. The molecule has 88 valence electrons. The van der Waals surface area contributed by atoms with E-state index in [9.17, 15) is 0 Å². The van der Waals surface area contributed by atoms with Gasteiger partial charge in [0, 0.05) is 12.1 Å². The molecule has 1 saturated heterocycles. The number of hydrogen-bond acceptors (Lipinski definition) is 2. The minimum Gasteiger partial charge on any atom is -0.370 e. The van der Waals surface area contributed by atoms with Crippen LogP contribution in [0.5, 0.6) is 0 Å². The zero-order chi connectivity index (χ0) is 11.5. The van der Waals surface area contributed by atoms with E-state index in [1.54, 1.807) is 0 Å². The van der Waals surface area contributed by atoms with Crippen LogP contribution >= 0.6 is 0 Å². The largest absolute Gasteiger partial charge is 0.370 e. The topological polar surface area (TPSA) is 12.5 Å². The average Bonchev–Trinajstić information content (AvgIpc) is 2.33. The van der Waals surface area contributed by atoms with E-state index in [0.717, 1.165) is 13.0 Å². The number of rotatable bonds is 2. The highest BCUT2D eigenvalue weighted by molar-refractivity contribution is 5.19. The predicted octanol–water partition coefficient (Wildman–Crippen LogP) is 2.86. The summed E-state index contributed by atoms with van der Waals surface area (Å²) in [5.74, 6) is 0. The van der Waals surface area contributed by atoms with Crippen LogP contribution in [0.2, 0.25) is 0 Å². The number of likely N-dealkylation sites (N-methyl/N-ethyl adjacent to an activating group) is 1. The van der Waals surface area contributed by atoms with Gasteiger partial charge in [0.2, 0.25) is 0 Å². The molecular weight excluding hydrogens is 198 g/mol. The van der Waals surface area contributed by atoms with Gasteiger partial charge in [-0.2, -0.15) is 0 Å². The quantitative estimate of drug-likeness (QED) is 0.758. The van der Waals surface area contributed by atoms with Crippen LogP contribution in [0.25, 0.3) is 0 Å². The fraction of sp³-hybridized carbons (Fsp3) is 0.571. The normalized spacial score (nSPS) is 31.6. The third-order valence-electron chi connectivity index (χ3n) is 3.63. The van der Waals surface area contributed by atoms with Gasteiger partial charge in [0.1, 0.15) is 0 Å². The van der Waals surface area contributed by atoms with Crippen molar-refractivity contribution in [2.24, 2.45) is 0 Å². The fourth-order valence-corrected chi connectivity index (χ4v) is 2.48. The Morgan fingerprint density at radius 2 is 2.00 bits per heavy atom. The molecule has 0 aliphatic carbocycles. The molecule has 0 unspecified atom stereocenters. The Bertz CT molecular complexity index is 325. The monoisotopic (exact) mass is 219 g/mol. The number of benzene rings is 1. The molecule has 0 bridgehead atoms. The van der Waals surface area contributed by atoms with Gasteiger partial charge in [-0.05, 0) is 26.0 Å². The van der Waals surface area contributed by atoms with Gasteiger partial charge in [-0.3, -0.25) is 4.90 Å². The zero-order valence-corrected chi connectivity index (χ0v) is 10.4. The van der Waals surface area contributed by atoms with Crippen molar-refractivity contribution in [2.75, 3.05) is 13.7 Å². The Morgan fingerprint density at radius 1 is 1.31 bits per heavy atom. The first kappa shape index (κ1) is 11.6. The van der Waals surface area contributed by atoms with Crippen molar-refractivity contribution in [1.29, 1.82) is 0 Å². The maximum absolute atomic E-state index is 6.01. The number of ether oxygens (including phenoxy) is 1. The lowest BCUT2D eigenvalue weighted by Gasteiger charge is -2.43. The predicted molar refractivity (Wildman–Crippen MR) is 66.4 cm³/mol. The second-order valence-corrected chi connectivity index (χ2v) is 4.65. The van der Waals surface area contributed by atoms with E-state index >= 15 is 0 Å². The highest BCUT2D eigenvalue weighted by atomic mass is 16.5. The Morgan fingerprint density at radius 3 is 2.62 bits per heavy atom. The number of nitrogens with zero attached hydrogens (tertiary/aromatic N) is 1.